The van der Waals surface area contributed by atoms with Crippen molar-refractivity contribution in [3.63, 3.8) is 0 Å². The van der Waals surface area contributed by atoms with Crippen LogP contribution in [0.25, 0.3) is 0 Å². The molecule has 25 heavy (non-hydrogen) atoms. The van der Waals surface area contributed by atoms with Crippen molar-refractivity contribution in [2.45, 2.75) is 39.8 Å². The number of hydrogen-bond donors (Lipinski definition) is 2. The van der Waals surface area contributed by atoms with E-state index in [0.29, 0.717) is 25.1 Å². The Morgan fingerprint density at radius 2 is 1.76 bits per heavy atom. The Morgan fingerprint density at radius 1 is 1.04 bits per heavy atom. The fourth-order valence-electron chi connectivity index (χ4n) is 2.40. The lowest BCUT2D eigenvalue weighted by atomic mass is 10.2. The first kappa shape index (κ1) is 18.4. The third kappa shape index (κ3) is 5.31. The molecule has 2 amide bonds. The Kier molecular flexibility index (Phi) is 6.51. The molecule has 6 heteroatoms. The number of nitrogens with one attached hydrogen (secondary N) is 2. The summed E-state index contributed by atoms with van der Waals surface area (Å²) in [4.78, 5) is 36.4. The standard InChI is InChI=1S/C19H23N3O3/c1-3-7-17(23)21-16-11-10-14(2)22(19(16)25)13-18(24)20-12-15-8-5-4-6-9-15/h4-6,8-11H,3,7,12-13H2,1-2H3,(H,20,24)(H,21,23). The number of aryl methyl sites for hydroxylation is 1. The van der Waals surface area contributed by atoms with Gasteiger partial charge in [-0.1, -0.05) is 37.3 Å². The Morgan fingerprint density at radius 3 is 2.44 bits per heavy atom. The van der Waals surface area contributed by atoms with E-state index in [1.54, 1.807) is 19.1 Å². The number of rotatable bonds is 7. The Balaban J connectivity index is 2.06. The molecule has 132 valence electrons. The van der Waals surface area contributed by atoms with E-state index in [9.17, 15) is 14.4 Å². The molecule has 0 unspecified atom stereocenters. The van der Waals surface area contributed by atoms with E-state index in [2.05, 4.69) is 10.6 Å². The Hall–Kier alpha value is -2.89. The van der Waals surface area contributed by atoms with Crippen LogP contribution in [0.1, 0.15) is 31.0 Å². The molecule has 0 aliphatic carbocycles. The highest BCUT2D eigenvalue weighted by atomic mass is 16.2. The Labute approximate surface area is 146 Å². The quantitative estimate of drug-likeness (QED) is 0.810. The van der Waals surface area contributed by atoms with Crippen LogP contribution < -0.4 is 16.2 Å². The van der Waals surface area contributed by atoms with Crippen LogP contribution in [-0.4, -0.2) is 16.4 Å². The van der Waals surface area contributed by atoms with E-state index in [1.807, 2.05) is 37.3 Å². The second-order valence-corrected chi connectivity index (χ2v) is 5.84. The van der Waals surface area contributed by atoms with Crippen LogP contribution in [0.4, 0.5) is 5.69 Å². The summed E-state index contributed by atoms with van der Waals surface area (Å²) in [6.07, 6.45) is 1.05. The average Bonchev–Trinajstić information content (AvgIpc) is 2.60. The molecule has 1 aromatic carbocycles. The van der Waals surface area contributed by atoms with Gasteiger partial charge in [0.1, 0.15) is 12.2 Å². The van der Waals surface area contributed by atoms with Crippen molar-refractivity contribution < 1.29 is 9.59 Å². The summed E-state index contributed by atoms with van der Waals surface area (Å²) in [7, 11) is 0. The van der Waals surface area contributed by atoms with Gasteiger partial charge in [-0.2, -0.15) is 0 Å². The number of carbonyl (C=O) groups excluding carboxylic acids is 2. The molecule has 0 aliphatic heterocycles. The fourth-order valence-corrected chi connectivity index (χ4v) is 2.40. The van der Waals surface area contributed by atoms with Crippen molar-refractivity contribution in [1.82, 2.24) is 9.88 Å². The van der Waals surface area contributed by atoms with Crippen LogP contribution in [0, 0.1) is 6.92 Å². The molecule has 1 heterocycles. The zero-order chi connectivity index (χ0) is 18.2. The van der Waals surface area contributed by atoms with Crippen molar-refractivity contribution in [3.8, 4) is 0 Å². The van der Waals surface area contributed by atoms with Gasteiger partial charge in [0.05, 0.1) is 0 Å². The number of anilines is 1. The van der Waals surface area contributed by atoms with Crippen LogP contribution >= 0.6 is 0 Å². The molecular weight excluding hydrogens is 318 g/mol. The topological polar surface area (TPSA) is 80.2 Å². The van der Waals surface area contributed by atoms with Crippen molar-refractivity contribution in [2.24, 2.45) is 0 Å². The maximum Gasteiger partial charge on any atom is 0.274 e. The molecular formula is C19H23N3O3. The predicted molar refractivity (Wildman–Crippen MR) is 97.3 cm³/mol. The summed E-state index contributed by atoms with van der Waals surface area (Å²) < 4.78 is 1.36. The molecule has 0 atom stereocenters. The lowest BCUT2D eigenvalue weighted by Crippen LogP contribution is -2.34. The molecule has 1 aromatic heterocycles. The lowest BCUT2D eigenvalue weighted by Gasteiger charge is -2.13. The SMILES string of the molecule is CCCC(=O)Nc1ccc(C)n(CC(=O)NCc2ccccc2)c1=O. The zero-order valence-electron chi connectivity index (χ0n) is 14.5. The molecule has 0 saturated carbocycles. The van der Waals surface area contributed by atoms with Gasteiger partial charge in [-0.25, -0.2) is 0 Å². The van der Waals surface area contributed by atoms with Gasteiger partial charge in [-0.15, -0.1) is 0 Å². The van der Waals surface area contributed by atoms with E-state index in [4.69, 9.17) is 0 Å². The average molecular weight is 341 g/mol. The number of amides is 2. The predicted octanol–water partition coefficient (Wildman–Crippen LogP) is 2.21. The minimum atomic E-state index is -0.376. The minimum absolute atomic E-state index is 0.0883. The molecule has 0 saturated heterocycles. The third-order valence-corrected chi connectivity index (χ3v) is 3.78. The maximum atomic E-state index is 12.5. The van der Waals surface area contributed by atoms with Gasteiger partial charge >= 0.3 is 0 Å². The third-order valence-electron chi connectivity index (χ3n) is 3.78. The van der Waals surface area contributed by atoms with Gasteiger partial charge in [0.2, 0.25) is 11.8 Å². The number of benzene rings is 1. The second-order valence-electron chi connectivity index (χ2n) is 5.84. The van der Waals surface area contributed by atoms with E-state index >= 15 is 0 Å². The zero-order valence-corrected chi connectivity index (χ0v) is 14.5. The number of nitrogens with zero attached hydrogens (tertiary/aromatic N) is 1. The first-order valence-electron chi connectivity index (χ1n) is 8.32. The molecule has 0 spiro atoms. The molecule has 0 aliphatic rings. The highest BCUT2D eigenvalue weighted by Crippen LogP contribution is 2.05. The van der Waals surface area contributed by atoms with Gasteiger partial charge in [0, 0.05) is 18.7 Å². The largest absolute Gasteiger partial charge is 0.350 e. The Bertz CT molecular complexity index is 797. The van der Waals surface area contributed by atoms with Crippen molar-refractivity contribution in [1.29, 1.82) is 0 Å². The van der Waals surface area contributed by atoms with Gasteiger partial charge in [-0.05, 0) is 31.0 Å². The van der Waals surface area contributed by atoms with Crippen LogP contribution in [0.2, 0.25) is 0 Å². The lowest BCUT2D eigenvalue weighted by molar-refractivity contribution is -0.122. The van der Waals surface area contributed by atoms with Gasteiger partial charge < -0.3 is 15.2 Å². The second kappa shape index (κ2) is 8.82. The first-order chi connectivity index (χ1) is 12.0. The summed E-state index contributed by atoms with van der Waals surface area (Å²) in [6, 6.07) is 12.8. The van der Waals surface area contributed by atoms with Crippen LogP contribution in [-0.2, 0) is 22.7 Å². The fraction of sp³-hybridized carbons (Fsp3) is 0.316. The van der Waals surface area contributed by atoms with Crippen molar-refractivity contribution in [3.05, 3.63) is 64.1 Å². The van der Waals surface area contributed by atoms with Crippen molar-refractivity contribution >= 4 is 17.5 Å². The maximum absolute atomic E-state index is 12.5. The van der Waals surface area contributed by atoms with Gasteiger partial charge in [0.25, 0.3) is 5.56 Å². The number of aromatic nitrogens is 1. The molecule has 0 bridgehead atoms. The summed E-state index contributed by atoms with van der Waals surface area (Å²) >= 11 is 0. The van der Waals surface area contributed by atoms with E-state index in [1.165, 1.54) is 4.57 Å². The number of pyridine rings is 1. The van der Waals surface area contributed by atoms with E-state index in [0.717, 1.165) is 5.56 Å². The van der Waals surface area contributed by atoms with Gasteiger partial charge in [0.15, 0.2) is 0 Å². The molecule has 2 aromatic rings. The summed E-state index contributed by atoms with van der Waals surface area (Å²) in [5.41, 5.74) is 1.47. The molecule has 0 fully saturated rings. The first-order valence-corrected chi connectivity index (χ1v) is 8.32. The number of carbonyl (C=O) groups is 2. The minimum Gasteiger partial charge on any atom is -0.350 e. The van der Waals surface area contributed by atoms with E-state index < -0.39 is 0 Å². The van der Waals surface area contributed by atoms with Crippen LogP contribution in [0.15, 0.2) is 47.3 Å². The normalized spacial score (nSPS) is 10.3. The molecule has 6 nitrogen and oxygen atoms in total. The monoisotopic (exact) mass is 341 g/mol. The summed E-state index contributed by atoms with van der Waals surface area (Å²) in [5.74, 6) is -0.463. The highest BCUT2D eigenvalue weighted by molar-refractivity contribution is 5.90. The van der Waals surface area contributed by atoms with Crippen molar-refractivity contribution in [2.75, 3.05) is 5.32 Å². The summed E-state index contributed by atoms with van der Waals surface area (Å²) in [5, 5.41) is 5.40. The van der Waals surface area contributed by atoms with Crippen LogP contribution in [0.3, 0.4) is 0 Å². The molecule has 2 rings (SSSR count). The summed E-state index contributed by atoms with van der Waals surface area (Å²) in [6.45, 7) is 3.96. The molecule has 2 N–H and O–H groups in total. The van der Waals surface area contributed by atoms with Gasteiger partial charge in [-0.3, -0.25) is 14.4 Å². The number of hydrogen-bond acceptors (Lipinski definition) is 3. The van der Waals surface area contributed by atoms with E-state index in [-0.39, 0.29) is 29.6 Å². The highest BCUT2D eigenvalue weighted by Gasteiger charge is 2.12. The molecule has 0 radical (unpaired) electrons. The smallest absolute Gasteiger partial charge is 0.274 e. The van der Waals surface area contributed by atoms with Crippen LogP contribution in [0.5, 0.6) is 0 Å².